The van der Waals surface area contributed by atoms with Crippen LogP contribution < -0.4 is 15.8 Å². The summed E-state index contributed by atoms with van der Waals surface area (Å²) in [4.78, 5) is 19.4. The van der Waals surface area contributed by atoms with Gasteiger partial charge in [-0.3, -0.25) is 10.4 Å². The lowest BCUT2D eigenvalue weighted by Gasteiger charge is -2.06. The number of rotatable bonds is 7. The lowest BCUT2D eigenvalue weighted by atomic mass is 10.1. The lowest BCUT2D eigenvalue weighted by molar-refractivity contribution is -0.133. The maximum atomic E-state index is 11.8. The van der Waals surface area contributed by atoms with Gasteiger partial charge in [-0.1, -0.05) is 29.3 Å². The summed E-state index contributed by atoms with van der Waals surface area (Å²) in [6.07, 6.45) is 4.27. The van der Waals surface area contributed by atoms with Gasteiger partial charge in [0.15, 0.2) is 5.96 Å². The molecule has 1 aromatic heterocycles. The van der Waals surface area contributed by atoms with Crippen LogP contribution in [0.5, 0.6) is 5.75 Å². The van der Waals surface area contributed by atoms with Crippen LogP contribution >= 0.6 is 23.2 Å². The van der Waals surface area contributed by atoms with Crippen molar-refractivity contribution in [3.8, 4) is 5.75 Å². The average Bonchev–Trinajstić information content (AvgIpc) is 3.08. The van der Waals surface area contributed by atoms with Crippen LogP contribution in [0.2, 0.25) is 10.0 Å². The number of hydrogen-bond donors (Lipinski definition) is 4. The number of hydrogen-bond acceptors (Lipinski definition) is 4. The summed E-state index contributed by atoms with van der Waals surface area (Å²) in [5, 5.41) is 11.5. The predicted octanol–water partition coefficient (Wildman–Crippen LogP) is 3.52. The molecule has 0 radical (unpaired) electrons. The van der Waals surface area contributed by atoms with Gasteiger partial charge in [-0.25, -0.2) is 4.79 Å². The zero-order valence-corrected chi connectivity index (χ0v) is 16.8. The molecule has 0 unspecified atom stereocenters. The first-order valence-corrected chi connectivity index (χ1v) is 9.52. The minimum absolute atomic E-state index is 0.174. The van der Waals surface area contributed by atoms with Crippen molar-refractivity contribution in [2.24, 2.45) is 10.7 Å². The minimum Gasteiger partial charge on any atom is -0.425 e. The van der Waals surface area contributed by atoms with E-state index in [2.05, 4.69) is 15.3 Å². The molecule has 1 heterocycles. The fourth-order valence-corrected chi connectivity index (χ4v) is 3.23. The lowest BCUT2D eigenvalue weighted by Crippen LogP contribution is -2.36. The maximum absolute atomic E-state index is 11.8. The number of esters is 1. The molecule has 0 amide bonds. The van der Waals surface area contributed by atoms with Crippen molar-refractivity contribution in [1.82, 2.24) is 10.3 Å². The molecular weight excluding hydrogens is 413 g/mol. The van der Waals surface area contributed by atoms with Gasteiger partial charge in [-0.05, 0) is 42.3 Å². The van der Waals surface area contributed by atoms with E-state index in [9.17, 15) is 4.79 Å². The van der Waals surface area contributed by atoms with Gasteiger partial charge in [0.25, 0.3) is 0 Å². The second-order valence-electron chi connectivity index (χ2n) is 6.18. The molecule has 2 aromatic carbocycles. The molecule has 0 spiro atoms. The SMILES string of the molecule is N=C(N)NCC(=O)Oc1ccc2[nH]cc(CCN=Cc3c(Cl)cccc3Cl)c2c1. The average molecular weight is 432 g/mol. The zero-order valence-electron chi connectivity index (χ0n) is 15.3. The van der Waals surface area contributed by atoms with Gasteiger partial charge in [0.2, 0.25) is 0 Å². The number of aromatic amines is 1. The molecule has 0 aliphatic carbocycles. The molecule has 29 heavy (non-hydrogen) atoms. The number of aliphatic imine (C=N–C) groups is 1. The Labute approximate surface area is 177 Å². The number of ether oxygens (including phenoxy) is 1. The third-order valence-corrected chi connectivity index (χ3v) is 4.78. The largest absolute Gasteiger partial charge is 0.425 e. The first-order chi connectivity index (χ1) is 13.9. The van der Waals surface area contributed by atoms with Crippen molar-refractivity contribution < 1.29 is 9.53 Å². The highest BCUT2D eigenvalue weighted by Crippen LogP contribution is 2.25. The number of carbonyl (C=O) groups is 1. The summed E-state index contributed by atoms with van der Waals surface area (Å²) >= 11 is 12.3. The molecule has 150 valence electrons. The first-order valence-electron chi connectivity index (χ1n) is 8.76. The molecule has 0 fully saturated rings. The molecule has 5 N–H and O–H groups in total. The topological polar surface area (TPSA) is 116 Å². The maximum Gasteiger partial charge on any atom is 0.330 e. The van der Waals surface area contributed by atoms with Gasteiger partial charge in [-0.2, -0.15) is 0 Å². The number of guanidine groups is 1. The second-order valence-corrected chi connectivity index (χ2v) is 7.00. The Kier molecular flexibility index (Phi) is 6.74. The molecule has 0 aliphatic heterocycles. The van der Waals surface area contributed by atoms with Crippen LogP contribution in [-0.4, -0.2) is 36.2 Å². The van der Waals surface area contributed by atoms with Gasteiger partial charge in [-0.15, -0.1) is 0 Å². The summed E-state index contributed by atoms with van der Waals surface area (Å²) in [6, 6.07) is 10.7. The predicted molar refractivity (Wildman–Crippen MR) is 116 cm³/mol. The number of carbonyl (C=O) groups excluding carboxylic acids is 1. The number of benzene rings is 2. The highest BCUT2D eigenvalue weighted by molar-refractivity contribution is 6.38. The Morgan fingerprint density at radius 3 is 2.76 bits per heavy atom. The fraction of sp³-hybridized carbons (Fsp3) is 0.150. The van der Waals surface area contributed by atoms with Crippen molar-refractivity contribution in [2.75, 3.05) is 13.1 Å². The smallest absolute Gasteiger partial charge is 0.330 e. The van der Waals surface area contributed by atoms with Crippen LogP contribution in [0, 0.1) is 5.41 Å². The standard InChI is InChI=1S/C20H19Cl2N5O2/c21-16-2-1-3-17(22)15(16)10-25-7-6-12-9-26-18-5-4-13(8-14(12)18)29-19(28)11-27-20(23)24/h1-5,8-10,26H,6-7,11H2,(H4,23,24,27). The summed E-state index contributed by atoms with van der Waals surface area (Å²) in [5.74, 6) is -0.401. The molecule has 7 nitrogen and oxygen atoms in total. The molecule has 3 rings (SSSR count). The summed E-state index contributed by atoms with van der Waals surface area (Å²) in [7, 11) is 0. The van der Waals surface area contributed by atoms with E-state index in [4.69, 9.17) is 39.1 Å². The monoisotopic (exact) mass is 431 g/mol. The Bertz CT molecular complexity index is 1060. The van der Waals surface area contributed by atoms with Crippen LogP contribution in [-0.2, 0) is 11.2 Å². The summed E-state index contributed by atoms with van der Waals surface area (Å²) in [6.45, 7) is 0.369. The summed E-state index contributed by atoms with van der Waals surface area (Å²) in [5.41, 5.74) is 7.83. The van der Waals surface area contributed by atoms with Crippen molar-refractivity contribution in [1.29, 1.82) is 5.41 Å². The van der Waals surface area contributed by atoms with Crippen LogP contribution in [0.15, 0.2) is 47.6 Å². The van der Waals surface area contributed by atoms with Crippen molar-refractivity contribution in [2.45, 2.75) is 6.42 Å². The van der Waals surface area contributed by atoms with Gasteiger partial charge < -0.3 is 20.8 Å². The van der Waals surface area contributed by atoms with E-state index in [1.165, 1.54) is 0 Å². The van der Waals surface area contributed by atoms with Gasteiger partial charge in [0.1, 0.15) is 12.3 Å². The van der Waals surface area contributed by atoms with E-state index in [-0.39, 0.29) is 12.5 Å². The minimum atomic E-state index is -0.530. The third-order valence-electron chi connectivity index (χ3n) is 4.12. The van der Waals surface area contributed by atoms with Crippen LogP contribution in [0.1, 0.15) is 11.1 Å². The molecular formula is C20H19Cl2N5O2. The van der Waals surface area contributed by atoms with Crippen LogP contribution in [0.3, 0.4) is 0 Å². The number of nitrogens with one attached hydrogen (secondary N) is 3. The van der Waals surface area contributed by atoms with E-state index >= 15 is 0 Å². The third kappa shape index (κ3) is 5.49. The molecule has 3 aromatic rings. The molecule has 9 heteroatoms. The van der Waals surface area contributed by atoms with E-state index < -0.39 is 5.97 Å². The Morgan fingerprint density at radius 1 is 1.28 bits per heavy atom. The van der Waals surface area contributed by atoms with Gasteiger partial charge in [0.05, 0.1) is 10.0 Å². The number of fused-ring (bicyclic) bond motifs is 1. The quantitative estimate of drug-likeness (QED) is 0.198. The highest BCUT2D eigenvalue weighted by atomic mass is 35.5. The van der Waals surface area contributed by atoms with E-state index in [0.29, 0.717) is 34.3 Å². The van der Waals surface area contributed by atoms with Crippen LogP contribution in [0.25, 0.3) is 10.9 Å². The van der Waals surface area contributed by atoms with Crippen molar-refractivity contribution in [3.63, 3.8) is 0 Å². The molecule has 0 saturated carbocycles. The number of aromatic nitrogens is 1. The number of halogens is 2. The molecule has 0 aliphatic rings. The van der Waals surface area contributed by atoms with Crippen LogP contribution in [0.4, 0.5) is 0 Å². The van der Waals surface area contributed by atoms with E-state index in [1.54, 1.807) is 36.5 Å². The normalized spacial score (nSPS) is 11.1. The molecule has 0 saturated heterocycles. The number of nitrogens with two attached hydrogens (primary N) is 1. The summed E-state index contributed by atoms with van der Waals surface area (Å²) < 4.78 is 5.28. The Morgan fingerprint density at radius 2 is 2.03 bits per heavy atom. The van der Waals surface area contributed by atoms with E-state index in [1.807, 2.05) is 12.3 Å². The second kappa shape index (κ2) is 9.45. The number of H-pyrrole nitrogens is 1. The highest BCUT2D eigenvalue weighted by Gasteiger charge is 2.09. The number of nitrogens with zero attached hydrogens (tertiary/aromatic N) is 1. The molecule has 0 bridgehead atoms. The fourth-order valence-electron chi connectivity index (χ4n) is 2.74. The van der Waals surface area contributed by atoms with E-state index in [0.717, 1.165) is 16.5 Å². The Balaban J connectivity index is 1.66. The zero-order chi connectivity index (χ0) is 20.8. The van der Waals surface area contributed by atoms with Gasteiger partial charge in [0, 0.05) is 35.4 Å². The van der Waals surface area contributed by atoms with Gasteiger partial charge >= 0.3 is 5.97 Å². The molecule has 0 atom stereocenters. The van der Waals surface area contributed by atoms with Crippen molar-refractivity contribution >= 4 is 52.2 Å². The Hall–Kier alpha value is -3.03. The van der Waals surface area contributed by atoms with Crippen molar-refractivity contribution in [3.05, 3.63) is 63.8 Å². The first kappa shape index (κ1) is 20.7.